The first kappa shape index (κ1) is 13.6. The van der Waals surface area contributed by atoms with E-state index in [1.165, 1.54) is 24.3 Å². The van der Waals surface area contributed by atoms with Crippen LogP contribution in [0.25, 0.3) is 6.08 Å². The van der Waals surface area contributed by atoms with Crippen molar-refractivity contribution in [2.24, 2.45) is 0 Å². The highest BCUT2D eigenvalue weighted by Gasteiger charge is 2.36. The third-order valence-corrected chi connectivity index (χ3v) is 3.85. The third kappa shape index (κ3) is 2.73. The van der Waals surface area contributed by atoms with Gasteiger partial charge in [-0.15, -0.1) is 0 Å². The minimum atomic E-state index is -0.412. The van der Waals surface area contributed by atoms with Crippen LogP contribution in [-0.2, 0) is 4.79 Å². The summed E-state index contributed by atoms with van der Waals surface area (Å²) >= 11 is 0.880. The number of halogens is 1. The first-order chi connectivity index (χ1) is 10.1. The molecule has 0 bridgehead atoms. The van der Waals surface area contributed by atoms with Crippen LogP contribution in [0.3, 0.4) is 0 Å². The van der Waals surface area contributed by atoms with E-state index in [1.54, 1.807) is 6.08 Å². The van der Waals surface area contributed by atoms with Crippen LogP contribution in [0.1, 0.15) is 5.56 Å². The summed E-state index contributed by atoms with van der Waals surface area (Å²) in [5.74, 6) is -0.800. The number of hydrogen-bond donors (Lipinski definition) is 0. The largest absolute Gasteiger partial charge is 0.298 e. The van der Waals surface area contributed by atoms with Crippen molar-refractivity contribution in [3.8, 4) is 0 Å². The molecule has 5 heteroatoms. The molecule has 3 rings (SSSR count). The van der Waals surface area contributed by atoms with Crippen molar-refractivity contribution in [1.29, 1.82) is 0 Å². The van der Waals surface area contributed by atoms with Gasteiger partial charge in [-0.25, -0.2) is 9.29 Å². The van der Waals surface area contributed by atoms with E-state index in [4.69, 9.17) is 0 Å². The molecule has 1 heterocycles. The first-order valence-corrected chi connectivity index (χ1v) is 7.05. The van der Waals surface area contributed by atoms with Crippen molar-refractivity contribution in [3.05, 3.63) is 70.9 Å². The molecule has 3 nitrogen and oxygen atoms in total. The van der Waals surface area contributed by atoms with E-state index < -0.39 is 5.82 Å². The van der Waals surface area contributed by atoms with E-state index in [2.05, 4.69) is 0 Å². The van der Waals surface area contributed by atoms with E-state index in [-0.39, 0.29) is 11.1 Å². The Kier molecular flexibility index (Phi) is 3.58. The van der Waals surface area contributed by atoms with Gasteiger partial charge in [0.05, 0.1) is 10.6 Å². The number of carbonyl (C=O) groups is 2. The number of benzene rings is 2. The summed E-state index contributed by atoms with van der Waals surface area (Å²) in [5.41, 5.74) is 1.22. The molecular formula is C16H10FNO2S. The Hall–Kier alpha value is -2.40. The molecule has 0 unspecified atom stereocenters. The van der Waals surface area contributed by atoms with Crippen molar-refractivity contribution in [2.75, 3.05) is 4.90 Å². The summed E-state index contributed by atoms with van der Waals surface area (Å²) < 4.78 is 12.9. The van der Waals surface area contributed by atoms with Crippen LogP contribution in [0, 0.1) is 5.82 Å². The number of hydrogen-bond acceptors (Lipinski definition) is 3. The predicted octanol–water partition coefficient (Wildman–Crippen LogP) is 4.07. The van der Waals surface area contributed by atoms with E-state index in [1.807, 2.05) is 30.3 Å². The number of nitrogens with zero attached hydrogens (tertiary/aromatic N) is 1. The maximum atomic E-state index is 12.9. The Morgan fingerprint density at radius 3 is 2.29 bits per heavy atom. The van der Waals surface area contributed by atoms with Crippen LogP contribution >= 0.6 is 11.8 Å². The molecule has 2 amide bonds. The van der Waals surface area contributed by atoms with Gasteiger partial charge in [0.1, 0.15) is 5.82 Å². The minimum absolute atomic E-state index is 0.357. The molecule has 1 aliphatic heterocycles. The van der Waals surface area contributed by atoms with Crippen LogP contribution in [0.15, 0.2) is 59.5 Å². The van der Waals surface area contributed by atoms with Gasteiger partial charge in [-0.1, -0.05) is 30.3 Å². The Morgan fingerprint density at radius 1 is 0.952 bits per heavy atom. The molecule has 0 radical (unpaired) electrons. The smallest absolute Gasteiger partial charge is 0.268 e. The maximum Gasteiger partial charge on any atom is 0.298 e. The van der Waals surface area contributed by atoms with Gasteiger partial charge in [-0.3, -0.25) is 9.59 Å². The highest BCUT2D eigenvalue weighted by Crippen LogP contribution is 2.35. The maximum absolute atomic E-state index is 12.9. The summed E-state index contributed by atoms with van der Waals surface area (Å²) in [6.45, 7) is 0. The fraction of sp³-hybridized carbons (Fsp3) is 0. The van der Waals surface area contributed by atoms with E-state index in [0.29, 0.717) is 10.6 Å². The zero-order chi connectivity index (χ0) is 14.8. The summed E-state index contributed by atoms with van der Waals surface area (Å²) in [5, 5.41) is -0.381. The van der Waals surface area contributed by atoms with E-state index in [0.717, 1.165) is 22.2 Å². The second kappa shape index (κ2) is 5.54. The molecule has 0 aliphatic carbocycles. The van der Waals surface area contributed by atoms with Gasteiger partial charge in [0.25, 0.3) is 11.1 Å². The lowest BCUT2D eigenvalue weighted by Crippen LogP contribution is -2.27. The molecule has 1 fully saturated rings. The highest BCUT2D eigenvalue weighted by molar-refractivity contribution is 8.19. The van der Waals surface area contributed by atoms with Crippen LogP contribution in [0.2, 0.25) is 0 Å². The van der Waals surface area contributed by atoms with Crippen molar-refractivity contribution in [3.63, 3.8) is 0 Å². The normalized spacial score (nSPS) is 16.8. The van der Waals surface area contributed by atoms with Gasteiger partial charge >= 0.3 is 0 Å². The number of imide groups is 1. The average molecular weight is 299 g/mol. The fourth-order valence-electron chi connectivity index (χ4n) is 1.98. The van der Waals surface area contributed by atoms with Crippen molar-refractivity contribution < 1.29 is 14.0 Å². The van der Waals surface area contributed by atoms with Gasteiger partial charge in [0, 0.05) is 0 Å². The predicted molar refractivity (Wildman–Crippen MR) is 81.3 cm³/mol. The van der Waals surface area contributed by atoms with Crippen LogP contribution in [0.5, 0.6) is 0 Å². The number of amides is 2. The SMILES string of the molecule is O=C1SC(=Cc2ccccc2)C(=O)N1c1ccc(F)cc1. The zero-order valence-corrected chi connectivity index (χ0v) is 11.6. The van der Waals surface area contributed by atoms with Crippen molar-refractivity contribution in [1.82, 2.24) is 0 Å². The van der Waals surface area contributed by atoms with Gasteiger partial charge in [0.15, 0.2) is 0 Å². The molecule has 0 N–H and O–H groups in total. The van der Waals surface area contributed by atoms with Gasteiger partial charge < -0.3 is 0 Å². The van der Waals surface area contributed by atoms with Crippen LogP contribution in [-0.4, -0.2) is 11.1 Å². The third-order valence-electron chi connectivity index (χ3n) is 2.98. The van der Waals surface area contributed by atoms with Crippen LogP contribution < -0.4 is 4.90 Å². The molecule has 104 valence electrons. The Balaban J connectivity index is 1.92. The average Bonchev–Trinajstić information content (AvgIpc) is 2.76. The summed E-state index contributed by atoms with van der Waals surface area (Å²) in [6.07, 6.45) is 1.68. The molecule has 2 aromatic carbocycles. The van der Waals surface area contributed by atoms with E-state index in [9.17, 15) is 14.0 Å². The Morgan fingerprint density at radius 2 is 1.62 bits per heavy atom. The number of rotatable bonds is 2. The lowest BCUT2D eigenvalue weighted by Gasteiger charge is -2.11. The summed E-state index contributed by atoms with van der Waals surface area (Å²) in [4.78, 5) is 25.7. The Bertz CT molecular complexity index is 726. The number of thioether (sulfide) groups is 1. The summed E-state index contributed by atoms with van der Waals surface area (Å²) in [7, 11) is 0. The first-order valence-electron chi connectivity index (χ1n) is 6.24. The molecule has 0 atom stereocenters. The molecule has 21 heavy (non-hydrogen) atoms. The highest BCUT2D eigenvalue weighted by atomic mass is 32.2. The molecule has 1 aliphatic rings. The zero-order valence-electron chi connectivity index (χ0n) is 10.8. The Labute approximate surface area is 125 Å². The van der Waals surface area contributed by atoms with Gasteiger partial charge in [0.2, 0.25) is 0 Å². The molecule has 1 saturated heterocycles. The fourth-order valence-corrected chi connectivity index (χ4v) is 2.82. The molecule has 0 spiro atoms. The lowest BCUT2D eigenvalue weighted by molar-refractivity contribution is -0.113. The van der Waals surface area contributed by atoms with Crippen LogP contribution in [0.4, 0.5) is 14.9 Å². The quantitative estimate of drug-likeness (QED) is 0.785. The topological polar surface area (TPSA) is 37.4 Å². The molecule has 0 saturated carbocycles. The van der Waals surface area contributed by atoms with Gasteiger partial charge in [-0.2, -0.15) is 0 Å². The second-order valence-electron chi connectivity index (χ2n) is 4.40. The minimum Gasteiger partial charge on any atom is -0.268 e. The van der Waals surface area contributed by atoms with E-state index >= 15 is 0 Å². The molecule has 2 aromatic rings. The lowest BCUT2D eigenvalue weighted by atomic mass is 10.2. The van der Waals surface area contributed by atoms with Crippen molar-refractivity contribution in [2.45, 2.75) is 0 Å². The van der Waals surface area contributed by atoms with Crippen molar-refractivity contribution >= 4 is 34.7 Å². The second-order valence-corrected chi connectivity index (χ2v) is 5.40. The monoisotopic (exact) mass is 299 g/mol. The number of anilines is 1. The summed E-state index contributed by atoms with van der Waals surface area (Å²) in [6, 6.07) is 14.6. The van der Waals surface area contributed by atoms with Gasteiger partial charge in [-0.05, 0) is 47.7 Å². The molecular weight excluding hydrogens is 289 g/mol. The number of carbonyl (C=O) groups excluding carboxylic acids is 2. The standard InChI is InChI=1S/C16H10FNO2S/c17-12-6-8-13(9-7-12)18-15(19)14(21-16(18)20)10-11-4-2-1-3-5-11/h1-10H. The molecule has 0 aromatic heterocycles.